The zero-order valence-electron chi connectivity index (χ0n) is 19.5. The molecule has 0 aliphatic heterocycles. The van der Waals surface area contributed by atoms with E-state index in [1.54, 1.807) is 19.2 Å². The Hall–Kier alpha value is -1.70. The minimum absolute atomic E-state index is 0.0817. The van der Waals surface area contributed by atoms with Gasteiger partial charge in [0, 0.05) is 26.2 Å². The summed E-state index contributed by atoms with van der Waals surface area (Å²) in [5.41, 5.74) is 7.21. The van der Waals surface area contributed by atoms with Crippen LogP contribution < -0.4 is 10.5 Å². The molecule has 7 heteroatoms. The van der Waals surface area contributed by atoms with Crippen molar-refractivity contribution in [2.45, 2.75) is 65.5 Å². The second-order valence-corrected chi connectivity index (χ2v) is 9.06. The third-order valence-electron chi connectivity index (χ3n) is 5.87. The largest absolute Gasteiger partial charge is 0.490 e. The maximum Gasteiger partial charge on any atom is 0.306 e. The molecule has 178 valence electrons. The molecule has 0 amide bonds. The van der Waals surface area contributed by atoms with Gasteiger partial charge in [0.2, 0.25) is 0 Å². The first-order valence-electron chi connectivity index (χ1n) is 11.1. The van der Waals surface area contributed by atoms with Crippen molar-refractivity contribution in [1.82, 2.24) is 0 Å². The minimum atomic E-state index is -0.911. The van der Waals surface area contributed by atoms with Crippen LogP contribution in [0.25, 0.3) is 0 Å². The molecule has 0 aliphatic rings. The lowest BCUT2D eigenvalue weighted by Crippen LogP contribution is -2.40. The number of hydrogen-bond donors (Lipinski definition) is 3. The standard InChI is InChI=1S/C24H40FNO5/c1-15(2)18(13-21(26)22(27)14-19(16(3)4)24(28)29)11-17-7-8-20(25)23(12-17)31-10-6-9-30-5/h7-8,12,15-16,18-19,21-22,27H,6,9-11,13-14,26H2,1-5H3,(H,28,29)/t18-,19-,21-,22-/m0/s1. The van der Waals surface area contributed by atoms with Crippen LogP contribution in [0.2, 0.25) is 0 Å². The van der Waals surface area contributed by atoms with Crippen LogP contribution >= 0.6 is 0 Å². The number of aliphatic hydroxyl groups excluding tert-OH is 1. The van der Waals surface area contributed by atoms with Crippen LogP contribution in [0.15, 0.2) is 18.2 Å². The summed E-state index contributed by atoms with van der Waals surface area (Å²) in [6.45, 7) is 8.76. The van der Waals surface area contributed by atoms with E-state index in [1.165, 1.54) is 6.07 Å². The number of hydrogen-bond acceptors (Lipinski definition) is 5. The summed E-state index contributed by atoms with van der Waals surface area (Å²) in [6.07, 6.45) is 1.13. The van der Waals surface area contributed by atoms with Crippen molar-refractivity contribution in [1.29, 1.82) is 0 Å². The van der Waals surface area contributed by atoms with Crippen LogP contribution in [0.1, 0.15) is 52.5 Å². The average Bonchev–Trinajstić information content (AvgIpc) is 2.69. The second kappa shape index (κ2) is 13.7. The Kier molecular flexibility index (Phi) is 12.0. The molecule has 0 bridgehead atoms. The SMILES string of the molecule is COCCCOc1cc(C[C@@H](C[C@H](N)[C@@H](O)C[C@H](C(=O)O)C(C)C)C(C)C)ccc1F. The first-order chi connectivity index (χ1) is 14.6. The van der Waals surface area contributed by atoms with Crippen molar-refractivity contribution in [3.63, 3.8) is 0 Å². The maximum atomic E-state index is 14.1. The molecule has 1 aromatic rings. The Morgan fingerprint density at radius 1 is 1.13 bits per heavy atom. The summed E-state index contributed by atoms with van der Waals surface area (Å²) < 4.78 is 24.6. The van der Waals surface area contributed by atoms with E-state index in [0.29, 0.717) is 32.5 Å². The number of methoxy groups -OCH3 is 1. The molecule has 6 nitrogen and oxygen atoms in total. The number of carbonyl (C=O) groups is 1. The predicted molar refractivity (Wildman–Crippen MR) is 120 cm³/mol. The zero-order chi connectivity index (χ0) is 23.6. The normalized spacial score (nSPS) is 15.7. The van der Waals surface area contributed by atoms with Crippen LogP contribution in [-0.2, 0) is 16.0 Å². The molecule has 0 fully saturated rings. The van der Waals surface area contributed by atoms with E-state index in [-0.39, 0.29) is 29.9 Å². The molecule has 31 heavy (non-hydrogen) atoms. The Balaban J connectivity index is 2.78. The number of ether oxygens (including phenoxy) is 2. The van der Waals surface area contributed by atoms with Crippen molar-refractivity contribution in [2.75, 3.05) is 20.3 Å². The molecule has 4 N–H and O–H groups in total. The summed E-state index contributed by atoms with van der Waals surface area (Å²) >= 11 is 0. The maximum absolute atomic E-state index is 14.1. The summed E-state index contributed by atoms with van der Waals surface area (Å²) in [5, 5.41) is 19.9. The summed E-state index contributed by atoms with van der Waals surface area (Å²) in [6, 6.07) is 4.35. The molecule has 0 saturated carbocycles. The van der Waals surface area contributed by atoms with Gasteiger partial charge in [-0.2, -0.15) is 0 Å². The van der Waals surface area contributed by atoms with E-state index in [9.17, 15) is 19.4 Å². The molecule has 0 aromatic heterocycles. The lowest BCUT2D eigenvalue weighted by molar-refractivity contribution is -0.144. The van der Waals surface area contributed by atoms with Gasteiger partial charge in [-0.1, -0.05) is 33.8 Å². The number of benzene rings is 1. The fourth-order valence-electron chi connectivity index (χ4n) is 3.66. The van der Waals surface area contributed by atoms with Crippen molar-refractivity contribution in [3.8, 4) is 5.75 Å². The van der Waals surface area contributed by atoms with Crippen molar-refractivity contribution < 1.29 is 28.9 Å². The highest BCUT2D eigenvalue weighted by Gasteiger charge is 2.29. The van der Waals surface area contributed by atoms with Crippen LogP contribution in [-0.4, -0.2) is 48.7 Å². The van der Waals surface area contributed by atoms with Gasteiger partial charge in [-0.3, -0.25) is 4.79 Å². The molecule has 0 spiro atoms. The second-order valence-electron chi connectivity index (χ2n) is 9.06. The number of carboxylic acid groups (broad SMARTS) is 1. The zero-order valence-corrected chi connectivity index (χ0v) is 19.5. The van der Waals surface area contributed by atoms with Crippen molar-refractivity contribution >= 4 is 5.97 Å². The summed E-state index contributed by atoms with van der Waals surface area (Å²) in [4.78, 5) is 11.4. The topological polar surface area (TPSA) is 102 Å². The molecular weight excluding hydrogens is 401 g/mol. The van der Waals surface area contributed by atoms with E-state index < -0.39 is 29.9 Å². The number of aliphatic carboxylic acids is 1. The third-order valence-corrected chi connectivity index (χ3v) is 5.87. The number of nitrogens with two attached hydrogens (primary N) is 1. The molecule has 0 heterocycles. The number of rotatable bonds is 15. The first-order valence-corrected chi connectivity index (χ1v) is 11.1. The van der Waals surface area contributed by atoms with Crippen molar-refractivity contribution in [3.05, 3.63) is 29.6 Å². The third kappa shape index (κ3) is 9.54. The highest BCUT2D eigenvalue weighted by molar-refractivity contribution is 5.70. The van der Waals surface area contributed by atoms with E-state index in [0.717, 1.165) is 5.56 Å². The van der Waals surface area contributed by atoms with E-state index in [4.69, 9.17) is 15.2 Å². The van der Waals surface area contributed by atoms with E-state index in [1.807, 2.05) is 13.8 Å². The molecule has 0 aliphatic carbocycles. The molecule has 0 radical (unpaired) electrons. The monoisotopic (exact) mass is 441 g/mol. The summed E-state index contributed by atoms with van der Waals surface area (Å²) in [5.74, 6) is -1.36. The molecule has 0 saturated heterocycles. The Labute approximate surface area is 185 Å². The predicted octanol–water partition coefficient (Wildman–Crippen LogP) is 3.88. The van der Waals surface area contributed by atoms with Crippen molar-refractivity contribution in [2.24, 2.45) is 29.4 Å². The van der Waals surface area contributed by atoms with Gasteiger partial charge in [-0.05, 0) is 54.7 Å². The molecule has 1 rings (SSSR count). The van der Waals surface area contributed by atoms with Crippen LogP contribution in [0, 0.1) is 29.5 Å². The fourth-order valence-corrected chi connectivity index (χ4v) is 3.66. The number of aliphatic hydroxyl groups is 1. The van der Waals surface area contributed by atoms with Gasteiger partial charge in [0.15, 0.2) is 11.6 Å². The van der Waals surface area contributed by atoms with Gasteiger partial charge in [-0.15, -0.1) is 0 Å². The van der Waals surface area contributed by atoms with Gasteiger partial charge >= 0.3 is 5.97 Å². The van der Waals surface area contributed by atoms with Gasteiger partial charge in [0.05, 0.1) is 18.6 Å². The lowest BCUT2D eigenvalue weighted by Gasteiger charge is -2.29. The summed E-state index contributed by atoms with van der Waals surface area (Å²) in [7, 11) is 1.61. The molecule has 0 unspecified atom stereocenters. The fraction of sp³-hybridized carbons (Fsp3) is 0.708. The van der Waals surface area contributed by atoms with Gasteiger partial charge in [0.1, 0.15) is 0 Å². The van der Waals surface area contributed by atoms with E-state index in [2.05, 4.69) is 13.8 Å². The number of halogens is 1. The highest BCUT2D eigenvalue weighted by atomic mass is 19.1. The molecule has 4 atom stereocenters. The van der Waals surface area contributed by atoms with E-state index >= 15 is 0 Å². The smallest absolute Gasteiger partial charge is 0.306 e. The highest BCUT2D eigenvalue weighted by Crippen LogP contribution is 2.28. The molecular formula is C24H40FNO5. The van der Waals surface area contributed by atoms with Gasteiger partial charge < -0.3 is 25.4 Å². The first kappa shape index (κ1) is 27.3. The van der Waals surface area contributed by atoms with Crippen LogP contribution in [0.5, 0.6) is 5.75 Å². The Morgan fingerprint density at radius 3 is 2.35 bits per heavy atom. The van der Waals surface area contributed by atoms with Crippen LogP contribution in [0.4, 0.5) is 4.39 Å². The minimum Gasteiger partial charge on any atom is -0.490 e. The van der Waals surface area contributed by atoms with Crippen LogP contribution in [0.3, 0.4) is 0 Å². The average molecular weight is 442 g/mol. The van der Waals surface area contributed by atoms with Gasteiger partial charge in [-0.25, -0.2) is 4.39 Å². The number of carboxylic acids is 1. The quantitative estimate of drug-likeness (QED) is 0.357. The lowest BCUT2D eigenvalue weighted by atomic mass is 9.81. The molecule has 1 aromatic carbocycles. The Bertz CT molecular complexity index is 667. The Morgan fingerprint density at radius 2 is 1.81 bits per heavy atom. The van der Waals surface area contributed by atoms with Gasteiger partial charge in [0.25, 0.3) is 0 Å².